The smallest absolute Gasteiger partial charge is 0.0973 e. The Bertz CT molecular complexity index is 3380. The summed E-state index contributed by atoms with van der Waals surface area (Å²) in [6, 6.07) is 60.9. The molecule has 0 saturated carbocycles. The maximum atomic E-state index is 5.14. The maximum absolute atomic E-state index is 5.14. The van der Waals surface area contributed by atoms with E-state index in [1.54, 1.807) is 0 Å². The van der Waals surface area contributed by atoms with Crippen LogP contribution in [0.5, 0.6) is 0 Å². The summed E-state index contributed by atoms with van der Waals surface area (Å²) in [7, 11) is 0. The van der Waals surface area contributed by atoms with Crippen LogP contribution in [0.2, 0.25) is 0 Å². The van der Waals surface area contributed by atoms with Crippen LogP contribution in [0.25, 0.3) is 110 Å². The molecule has 12 aromatic rings. The number of para-hydroxylation sites is 6. The number of aromatic nitrogens is 4. The SMILES string of the molecule is c1ccc(-c2nc3ccccc3nc2-c2ccc(-c3ccc4c(c3)c3c5ccccc5n5c6ccccc6n6c7ccccc7c4c6c35)cc2)cc1. The number of benzene rings is 8. The van der Waals surface area contributed by atoms with E-state index in [-0.39, 0.29) is 0 Å². The lowest BCUT2D eigenvalue weighted by molar-refractivity contribution is 1.26. The molecule has 0 radical (unpaired) electrons. The molecule has 0 amide bonds. The average molecular weight is 661 g/mol. The number of hydrogen-bond acceptors (Lipinski definition) is 2. The Morgan fingerprint density at radius 2 is 0.750 bits per heavy atom. The van der Waals surface area contributed by atoms with Gasteiger partial charge in [-0.3, -0.25) is 0 Å². The number of nitrogens with zero attached hydrogens (tertiary/aromatic N) is 4. The van der Waals surface area contributed by atoms with Crippen molar-refractivity contribution < 1.29 is 0 Å². The zero-order valence-electron chi connectivity index (χ0n) is 28.0. The van der Waals surface area contributed by atoms with Crippen LogP contribution in [-0.4, -0.2) is 18.8 Å². The van der Waals surface area contributed by atoms with Crippen molar-refractivity contribution in [3.8, 4) is 33.6 Å². The summed E-state index contributed by atoms with van der Waals surface area (Å²) >= 11 is 0. The highest BCUT2D eigenvalue weighted by atomic mass is 15.0. The summed E-state index contributed by atoms with van der Waals surface area (Å²) < 4.78 is 4.99. The van der Waals surface area contributed by atoms with Crippen molar-refractivity contribution in [1.29, 1.82) is 0 Å². The molecule has 4 aromatic heterocycles. The van der Waals surface area contributed by atoms with Crippen LogP contribution in [0.3, 0.4) is 0 Å². The molecule has 0 aliphatic carbocycles. The molecule has 12 rings (SSSR count). The molecule has 0 spiro atoms. The normalized spacial score (nSPS) is 12.2. The third-order valence-corrected chi connectivity index (χ3v) is 11.0. The van der Waals surface area contributed by atoms with Gasteiger partial charge in [-0.2, -0.15) is 0 Å². The molecule has 0 bridgehead atoms. The Hall–Kier alpha value is -7.04. The second-order valence-corrected chi connectivity index (χ2v) is 13.8. The van der Waals surface area contributed by atoms with E-state index in [4.69, 9.17) is 9.97 Å². The van der Waals surface area contributed by atoms with Crippen molar-refractivity contribution >= 4 is 76.5 Å². The average Bonchev–Trinajstić information content (AvgIpc) is 3.75. The predicted octanol–water partition coefficient (Wildman–Crippen LogP) is 12.3. The first-order valence-electron chi connectivity index (χ1n) is 17.8. The van der Waals surface area contributed by atoms with Crippen LogP contribution >= 0.6 is 0 Å². The summed E-state index contributed by atoms with van der Waals surface area (Å²) in [6.45, 7) is 0. The Morgan fingerprint density at radius 1 is 0.308 bits per heavy atom. The van der Waals surface area contributed by atoms with Crippen molar-refractivity contribution in [3.63, 3.8) is 0 Å². The molecule has 0 fully saturated rings. The van der Waals surface area contributed by atoms with Crippen molar-refractivity contribution in [2.24, 2.45) is 0 Å². The second-order valence-electron chi connectivity index (χ2n) is 13.8. The van der Waals surface area contributed by atoms with Crippen LogP contribution in [0.1, 0.15) is 0 Å². The first-order valence-corrected chi connectivity index (χ1v) is 17.8. The van der Waals surface area contributed by atoms with Crippen molar-refractivity contribution in [2.75, 3.05) is 0 Å². The zero-order valence-corrected chi connectivity index (χ0v) is 28.0. The Kier molecular flexibility index (Phi) is 5.47. The van der Waals surface area contributed by atoms with E-state index in [0.717, 1.165) is 39.1 Å². The largest absolute Gasteiger partial charge is 0.305 e. The minimum Gasteiger partial charge on any atom is -0.305 e. The molecule has 4 heterocycles. The van der Waals surface area contributed by atoms with Gasteiger partial charge < -0.3 is 8.80 Å². The molecule has 0 aliphatic rings. The molecule has 4 nitrogen and oxygen atoms in total. The second kappa shape index (κ2) is 10.3. The number of hydrogen-bond donors (Lipinski definition) is 0. The van der Waals surface area contributed by atoms with E-state index < -0.39 is 0 Å². The van der Waals surface area contributed by atoms with Crippen molar-refractivity contribution in [1.82, 2.24) is 18.8 Å². The fraction of sp³-hybridized carbons (Fsp3) is 0. The quantitative estimate of drug-likeness (QED) is 0.177. The fourth-order valence-electron chi connectivity index (χ4n) is 8.78. The predicted molar refractivity (Wildman–Crippen MR) is 216 cm³/mol. The van der Waals surface area contributed by atoms with Crippen LogP contribution in [0.15, 0.2) is 170 Å². The van der Waals surface area contributed by atoms with E-state index in [1.165, 1.54) is 71.0 Å². The standard InChI is InChI=1S/C48H28N4/c1-2-12-30(13-3-1)45-46(50-38-17-7-6-16-37(38)49-45)31-24-22-29(23-25-31)32-26-27-33-36(28-32)44-35-15-5-9-19-40(35)52-42-21-11-10-20-41(42)51-39-18-8-4-14-34(39)43(33)47(51)48(44)52/h1-28H. The third-order valence-electron chi connectivity index (χ3n) is 11.0. The molecule has 0 N–H and O–H groups in total. The molecule has 4 heteroatoms. The molecule has 0 atom stereocenters. The van der Waals surface area contributed by atoms with Gasteiger partial charge in [-0.15, -0.1) is 0 Å². The van der Waals surface area contributed by atoms with Gasteiger partial charge in [0.05, 0.1) is 55.5 Å². The molecule has 240 valence electrons. The zero-order chi connectivity index (χ0) is 33.9. The lowest BCUT2D eigenvalue weighted by Gasteiger charge is -2.14. The van der Waals surface area contributed by atoms with Gasteiger partial charge in [-0.05, 0) is 64.4 Å². The highest BCUT2D eigenvalue weighted by molar-refractivity contribution is 6.37. The van der Waals surface area contributed by atoms with Gasteiger partial charge >= 0.3 is 0 Å². The summed E-state index contributed by atoms with van der Waals surface area (Å²) in [6.07, 6.45) is 0. The summed E-state index contributed by atoms with van der Waals surface area (Å²) in [5.74, 6) is 0. The molecular weight excluding hydrogens is 633 g/mol. The molecule has 8 aromatic carbocycles. The minimum atomic E-state index is 0.887. The summed E-state index contributed by atoms with van der Waals surface area (Å²) in [5.41, 5.74) is 15.5. The highest BCUT2D eigenvalue weighted by Gasteiger charge is 2.25. The van der Waals surface area contributed by atoms with Gasteiger partial charge in [0.1, 0.15) is 0 Å². The van der Waals surface area contributed by atoms with Crippen LogP contribution in [-0.2, 0) is 0 Å². The van der Waals surface area contributed by atoms with Gasteiger partial charge in [0.15, 0.2) is 0 Å². The van der Waals surface area contributed by atoms with E-state index in [9.17, 15) is 0 Å². The highest BCUT2D eigenvalue weighted by Crippen LogP contribution is 2.47. The fourth-order valence-corrected chi connectivity index (χ4v) is 8.78. The summed E-state index contributed by atoms with van der Waals surface area (Å²) in [5, 5.41) is 7.71. The molecule has 52 heavy (non-hydrogen) atoms. The van der Waals surface area contributed by atoms with Gasteiger partial charge in [-0.25, -0.2) is 9.97 Å². The van der Waals surface area contributed by atoms with Crippen LogP contribution in [0, 0.1) is 0 Å². The summed E-state index contributed by atoms with van der Waals surface area (Å²) in [4.78, 5) is 10.2. The third kappa shape index (κ3) is 3.65. The van der Waals surface area contributed by atoms with Gasteiger partial charge in [-0.1, -0.05) is 127 Å². The lowest BCUT2D eigenvalue weighted by atomic mass is 9.94. The van der Waals surface area contributed by atoms with E-state index in [1.807, 2.05) is 30.3 Å². The van der Waals surface area contributed by atoms with Crippen LogP contribution in [0.4, 0.5) is 0 Å². The Morgan fingerprint density at radius 3 is 1.35 bits per heavy atom. The molecule has 0 aliphatic heterocycles. The maximum Gasteiger partial charge on any atom is 0.0973 e. The lowest BCUT2D eigenvalue weighted by Crippen LogP contribution is -1.97. The van der Waals surface area contributed by atoms with Gasteiger partial charge in [0.25, 0.3) is 0 Å². The molecule has 0 saturated heterocycles. The van der Waals surface area contributed by atoms with Gasteiger partial charge in [0, 0.05) is 32.7 Å². The molecule has 0 unspecified atom stereocenters. The topological polar surface area (TPSA) is 34.6 Å². The van der Waals surface area contributed by atoms with E-state index in [2.05, 4.69) is 148 Å². The van der Waals surface area contributed by atoms with Crippen LogP contribution < -0.4 is 0 Å². The minimum absolute atomic E-state index is 0.887. The van der Waals surface area contributed by atoms with E-state index >= 15 is 0 Å². The first-order chi connectivity index (χ1) is 25.8. The van der Waals surface area contributed by atoms with Crippen molar-refractivity contribution in [2.45, 2.75) is 0 Å². The number of rotatable bonds is 3. The Labute approximate surface area is 297 Å². The van der Waals surface area contributed by atoms with Gasteiger partial charge in [0.2, 0.25) is 0 Å². The number of fused-ring (bicyclic) bond motifs is 13. The Balaban J connectivity index is 1.12. The molecular formula is C48H28N4. The van der Waals surface area contributed by atoms with E-state index in [0.29, 0.717) is 0 Å². The van der Waals surface area contributed by atoms with Crippen molar-refractivity contribution in [3.05, 3.63) is 170 Å². The first kappa shape index (κ1) is 27.7. The monoisotopic (exact) mass is 660 g/mol.